The SMILES string of the molecule is CCC(=O)n1cc(OCC(F)(F)F)c(C(=O)Nc2ccc(Oc3ccnc4cc(OC)c(OC)cc34)cn2)n1. The molecule has 0 aliphatic heterocycles. The zero-order chi connectivity index (χ0) is 28.2. The fourth-order valence-corrected chi connectivity index (χ4v) is 3.42. The summed E-state index contributed by atoms with van der Waals surface area (Å²) in [6.45, 7) is -0.123. The molecule has 4 rings (SSSR count). The van der Waals surface area contributed by atoms with Crippen molar-refractivity contribution in [3.63, 3.8) is 0 Å². The van der Waals surface area contributed by atoms with Gasteiger partial charge in [-0.1, -0.05) is 6.92 Å². The van der Waals surface area contributed by atoms with Crippen LogP contribution < -0.4 is 24.3 Å². The highest BCUT2D eigenvalue weighted by Crippen LogP contribution is 2.36. The van der Waals surface area contributed by atoms with Gasteiger partial charge in [-0.3, -0.25) is 14.6 Å². The summed E-state index contributed by atoms with van der Waals surface area (Å²) in [6, 6.07) is 8.03. The highest BCUT2D eigenvalue weighted by molar-refractivity contribution is 6.04. The summed E-state index contributed by atoms with van der Waals surface area (Å²) in [6.07, 6.45) is -0.813. The van der Waals surface area contributed by atoms with Crippen LogP contribution in [-0.4, -0.2) is 58.6 Å². The average molecular weight is 545 g/mol. The van der Waals surface area contributed by atoms with Gasteiger partial charge in [-0.15, -0.1) is 0 Å². The van der Waals surface area contributed by atoms with Crippen molar-refractivity contribution in [2.45, 2.75) is 19.5 Å². The minimum Gasteiger partial charge on any atom is -0.493 e. The minimum atomic E-state index is -4.65. The van der Waals surface area contributed by atoms with Crippen LogP contribution in [0.3, 0.4) is 0 Å². The van der Waals surface area contributed by atoms with Gasteiger partial charge in [0, 0.05) is 24.1 Å². The Hall–Kier alpha value is -4.88. The maximum absolute atomic E-state index is 12.8. The number of halogens is 3. The van der Waals surface area contributed by atoms with E-state index in [1.54, 1.807) is 24.4 Å². The van der Waals surface area contributed by atoms with Crippen LogP contribution in [-0.2, 0) is 0 Å². The molecule has 0 spiro atoms. The van der Waals surface area contributed by atoms with Gasteiger partial charge in [0.05, 0.1) is 32.1 Å². The van der Waals surface area contributed by atoms with E-state index in [1.165, 1.54) is 39.5 Å². The number of benzene rings is 1. The molecule has 3 heterocycles. The quantitative estimate of drug-likeness (QED) is 0.313. The smallest absolute Gasteiger partial charge is 0.422 e. The lowest BCUT2D eigenvalue weighted by molar-refractivity contribution is -0.153. The fourth-order valence-electron chi connectivity index (χ4n) is 3.42. The van der Waals surface area contributed by atoms with Crippen LogP contribution in [0, 0.1) is 0 Å². The number of pyridine rings is 2. The van der Waals surface area contributed by atoms with Crippen molar-refractivity contribution in [1.82, 2.24) is 19.7 Å². The molecular formula is C25H22F3N5O6. The lowest BCUT2D eigenvalue weighted by Gasteiger charge is -2.12. The number of carbonyl (C=O) groups is 2. The second-order valence-electron chi connectivity index (χ2n) is 7.91. The van der Waals surface area contributed by atoms with Crippen LogP contribution in [0.5, 0.6) is 28.7 Å². The molecule has 39 heavy (non-hydrogen) atoms. The van der Waals surface area contributed by atoms with E-state index in [4.69, 9.17) is 18.9 Å². The van der Waals surface area contributed by atoms with E-state index in [-0.39, 0.29) is 12.2 Å². The van der Waals surface area contributed by atoms with Gasteiger partial charge >= 0.3 is 6.18 Å². The molecule has 0 unspecified atom stereocenters. The van der Waals surface area contributed by atoms with Crippen LogP contribution >= 0.6 is 0 Å². The molecule has 3 aromatic heterocycles. The summed E-state index contributed by atoms with van der Waals surface area (Å²) in [4.78, 5) is 33.1. The zero-order valence-corrected chi connectivity index (χ0v) is 20.9. The lowest BCUT2D eigenvalue weighted by Crippen LogP contribution is -2.21. The summed E-state index contributed by atoms with van der Waals surface area (Å²) < 4.78 is 60.0. The molecule has 1 amide bonds. The second-order valence-corrected chi connectivity index (χ2v) is 7.91. The van der Waals surface area contributed by atoms with Gasteiger partial charge in [-0.05, 0) is 24.3 Å². The van der Waals surface area contributed by atoms with Crippen molar-refractivity contribution in [2.24, 2.45) is 0 Å². The molecule has 204 valence electrons. The van der Waals surface area contributed by atoms with Gasteiger partial charge in [-0.2, -0.15) is 18.3 Å². The number of amides is 1. The molecule has 0 atom stereocenters. The van der Waals surface area contributed by atoms with E-state index in [9.17, 15) is 22.8 Å². The average Bonchev–Trinajstić information content (AvgIpc) is 3.36. The third kappa shape index (κ3) is 6.34. The van der Waals surface area contributed by atoms with E-state index in [0.29, 0.717) is 33.9 Å². The predicted octanol–water partition coefficient (Wildman–Crippen LogP) is 4.88. The van der Waals surface area contributed by atoms with Gasteiger partial charge in [-0.25, -0.2) is 9.67 Å². The normalized spacial score (nSPS) is 11.2. The Labute approximate surface area is 219 Å². The van der Waals surface area contributed by atoms with Crippen molar-refractivity contribution in [3.8, 4) is 28.7 Å². The second kappa shape index (κ2) is 11.2. The van der Waals surface area contributed by atoms with Gasteiger partial charge in [0.1, 0.15) is 17.3 Å². The zero-order valence-electron chi connectivity index (χ0n) is 20.9. The molecule has 4 aromatic rings. The predicted molar refractivity (Wildman–Crippen MR) is 132 cm³/mol. The van der Waals surface area contributed by atoms with Crippen LogP contribution in [0.15, 0.2) is 48.9 Å². The molecule has 0 aliphatic carbocycles. The van der Waals surface area contributed by atoms with Gasteiger partial charge in [0.15, 0.2) is 29.5 Å². The number of anilines is 1. The topological polar surface area (TPSA) is 127 Å². The van der Waals surface area contributed by atoms with Gasteiger partial charge in [0.25, 0.3) is 5.91 Å². The number of nitrogens with one attached hydrogen (secondary N) is 1. The molecule has 0 fully saturated rings. The molecular weight excluding hydrogens is 523 g/mol. The molecule has 11 nitrogen and oxygen atoms in total. The molecule has 0 bridgehead atoms. The monoisotopic (exact) mass is 545 g/mol. The Kier molecular flexibility index (Phi) is 7.83. The fraction of sp³-hybridized carbons (Fsp3) is 0.240. The van der Waals surface area contributed by atoms with E-state index in [1.807, 2.05) is 0 Å². The van der Waals surface area contributed by atoms with Gasteiger partial charge < -0.3 is 24.3 Å². The van der Waals surface area contributed by atoms with E-state index in [2.05, 4.69) is 20.4 Å². The first-order valence-corrected chi connectivity index (χ1v) is 11.4. The number of carbonyl (C=O) groups excluding carboxylic acids is 2. The number of rotatable bonds is 9. The molecule has 14 heteroatoms. The van der Waals surface area contributed by atoms with Crippen molar-refractivity contribution in [2.75, 3.05) is 26.1 Å². The largest absolute Gasteiger partial charge is 0.493 e. The Morgan fingerprint density at radius 2 is 1.74 bits per heavy atom. The number of hydrogen-bond donors (Lipinski definition) is 1. The van der Waals surface area contributed by atoms with Crippen LogP contribution in [0.4, 0.5) is 19.0 Å². The number of alkyl halides is 3. The lowest BCUT2D eigenvalue weighted by atomic mass is 10.2. The number of aromatic nitrogens is 4. The van der Waals surface area contributed by atoms with Crippen molar-refractivity contribution < 1.29 is 41.7 Å². The van der Waals surface area contributed by atoms with Crippen molar-refractivity contribution >= 4 is 28.5 Å². The molecule has 0 radical (unpaired) electrons. The third-order valence-corrected chi connectivity index (χ3v) is 5.26. The number of nitrogens with zero attached hydrogens (tertiary/aromatic N) is 4. The highest BCUT2D eigenvalue weighted by Gasteiger charge is 2.30. The Morgan fingerprint density at radius 3 is 2.38 bits per heavy atom. The first-order valence-electron chi connectivity index (χ1n) is 11.4. The van der Waals surface area contributed by atoms with Crippen LogP contribution in [0.2, 0.25) is 0 Å². The Balaban J connectivity index is 1.52. The van der Waals surface area contributed by atoms with E-state index in [0.717, 1.165) is 10.9 Å². The van der Waals surface area contributed by atoms with Crippen LogP contribution in [0.25, 0.3) is 10.9 Å². The number of methoxy groups -OCH3 is 2. The maximum Gasteiger partial charge on any atom is 0.422 e. The first kappa shape index (κ1) is 27.2. The van der Waals surface area contributed by atoms with E-state index < -0.39 is 36.0 Å². The highest BCUT2D eigenvalue weighted by atomic mass is 19.4. The van der Waals surface area contributed by atoms with Crippen molar-refractivity contribution in [1.29, 1.82) is 0 Å². The summed E-state index contributed by atoms with van der Waals surface area (Å²) in [5.41, 5.74) is 0.0994. The van der Waals surface area contributed by atoms with Crippen LogP contribution in [0.1, 0.15) is 28.6 Å². The summed E-state index contributed by atoms with van der Waals surface area (Å²) in [5.74, 6) is -0.130. The Morgan fingerprint density at radius 1 is 1.00 bits per heavy atom. The number of hydrogen-bond acceptors (Lipinski definition) is 9. The maximum atomic E-state index is 12.8. The summed E-state index contributed by atoms with van der Waals surface area (Å²) >= 11 is 0. The molecule has 1 N–H and O–H groups in total. The molecule has 0 saturated carbocycles. The summed E-state index contributed by atoms with van der Waals surface area (Å²) in [7, 11) is 3.03. The Bertz CT molecular complexity index is 1500. The van der Waals surface area contributed by atoms with E-state index >= 15 is 0 Å². The first-order chi connectivity index (χ1) is 18.6. The minimum absolute atomic E-state index is 0.0115. The third-order valence-electron chi connectivity index (χ3n) is 5.26. The standard InChI is InChI=1S/C25H22F3N5O6/c1-4-22(34)33-12-20(38-13-25(26,27)28)23(32-33)24(35)31-21-6-5-14(11-30-21)39-17-7-8-29-16-10-19(37-3)18(36-2)9-15(16)17/h5-12H,4,13H2,1-3H3,(H,30,31,35). The van der Waals surface area contributed by atoms with Crippen molar-refractivity contribution in [3.05, 3.63) is 54.6 Å². The number of ether oxygens (including phenoxy) is 4. The van der Waals surface area contributed by atoms with Gasteiger partial charge in [0.2, 0.25) is 5.91 Å². The number of fused-ring (bicyclic) bond motifs is 1. The molecule has 0 aliphatic rings. The summed E-state index contributed by atoms with van der Waals surface area (Å²) in [5, 5.41) is 6.86. The molecule has 0 saturated heterocycles. The molecule has 1 aromatic carbocycles.